The molecule has 0 radical (unpaired) electrons. The lowest BCUT2D eigenvalue weighted by Gasteiger charge is -2.27. The van der Waals surface area contributed by atoms with Crippen LogP contribution in [0, 0.1) is 0 Å². The van der Waals surface area contributed by atoms with Crippen LogP contribution in [0.2, 0.25) is 0 Å². The van der Waals surface area contributed by atoms with Crippen molar-refractivity contribution in [1.29, 1.82) is 0 Å². The number of rotatable bonds is 6. The van der Waals surface area contributed by atoms with Crippen molar-refractivity contribution < 1.29 is 13.2 Å². The molecule has 0 aliphatic heterocycles. The van der Waals surface area contributed by atoms with Crippen molar-refractivity contribution in [3.8, 4) is 0 Å². The van der Waals surface area contributed by atoms with E-state index < -0.39 is 12.2 Å². The third-order valence-corrected chi connectivity index (χ3v) is 4.28. The van der Waals surface area contributed by atoms with E-state index >= 15 is 0 Å². The average Bonchev–Trinajstić information content (AvgIpc) is 2.97. The third-order valence-electron chi connectivity index (χ3n) is 3.29. The number of thiophene rings is 1. The SMILES string of the molecule is CCCC(NC(c1ccccc1)C(F)(F)F)c1cccs1. The molecule has 0 aliphatic rings. The molecule has 114 valence electrons. The molecule has 2 unspecified atom stereocenters. The summed E-state index contributed by atoms with van der Waals surface area (Å²) in [6, 6.07) is 9.86. The van der Waals surface area contributed by atoms with Gasteiger partial charge in [0.1, 0.15) is 6.04 Å². The molecule has 0 amide bonds. The van der Waals surface area contributed by atoms with Crippen LogP contribution in [-0.4, -0.2) is 6.18 Å². The molecule has 1 aromatic carbocycles. The number of nitrogens with one attached hydrogen (secondary N) is 1. The van der Waals surface area contributed by atoms with Crippen LogP contribution in [0.4, 0.5) is 13.2 Å². The van der Waals surface area contributed by atoms with E-state index in [4.69, 9.17) is 0 Å². The Hall–Kier alpha value is -1.33. The van der Waals surface area contributed by atoms with E-state index in [1.165, 1.54) is 23.5 Å². The molecule has 0 spiro atoms. The van der Waals surface area contributed by atoms with Gasteiger partial charge in [-0.05, 0) is 23.4 Å². The minimum atomic E-state index is -4.31. The van der Waals surface area contributed by atoms with E-state index in [1.807, 2.05) is 24.4 Å². The second-order valence-corrected chi connectivity index (χ2v) is 5.89. The lowest BCUT2D eigenvalue weighted by atomic mass is 10.0. The van der Waals surface area contributed by atoms with Crippen molar-refractivity contribution in [3.63, 3.8) is 0 Å². The monoisotopic (exact) mass is 313 g/mol. The number of halogens is 3. The largest absolute Gasteiger partial charge is 0.407 e. The van der Waals surface area contributed by atoms with Crippen LogP contribution < -0.4 is 5.32 Å². The van der Waals surface area contributed by atoms with Crippen molar-refractivity contribution >= 4 is 11.3 Å². The quantitative estimate of drug-likeness (QED) is 0.744. The summed E-state index contributed by atoms with van der Waals surface area (Å²) in [7, 11) is 0. The molecule has 1 aromatic heterocycles. The van der Waals surface area contributed by atoms with Gasteiger partial charge in [0.2, 0.25) is 0 Å². The molecular formula is C16H18F3NS. The van der Waals surface area contributed by atoms with Crippen LogP contribution in [0.3, 0.4) is 0 Å². The first-order valence-corrected chi connectivity index (χ1v) is 7.81. The van der Waals surface area contributed by atoms with Crippen LogP contribution in [0.5, 0.6) is 0 Å². The zero-order valence-electron chi connectivity index (χ0n) is 11.7. The van der Waals surface area contributed by atoms with Crippen molar-refractivity contribution in [3.05, 3.63) is 58.3 Å². The van der Waals surface area contributed by atoms with Crippen LogP contribution in [0.1, 0.15) is 42.3 Å². The molecule has 1 N–H and O–H groups in total. The van der Waals surface area contributed by atoms with Crippen LogP contribution in [-0.2, 0) is 0 Å². The third kappa shape index (κ3) is 4.32. The maximum atomic E-state index is 13.4. The number of benzene rings is 1. The number of hydrogen-bond acceptors (Lipinski definition) is 2. The molecule has 5 heteroatoms. The molecule has 0 fully saturated rings. The van der Waals surface area contributed by atoms with E-state index in [9.17, 15) is 13.2 Å². The fourth-order valence-corrected chi connectivity index (χ4v) is 3.13. The summed E-state index contributed by atoms with van der Waals surface area (Å²) >= 11 is 1.49. The van der Waals surface area contributed by atoms with Crippen LogP contribution in [0.15, 0.2) is 47.8 Å². The number of alkyl halides is 3. The van der Waals surface area contributed by atoms with Crippen molar-refractivity contribution in [1.82, 2.24) is 5.32 Å². The molecular weight excluding hydrogens is 295 g/mol. The Morgan fingerprint density at radius 1 is 1.10 bits per heavy atom. The predicted octanol–water partition coefficient (Wildman–Crippen LogP) is 5.48. The zero-order chi connectivity index (χ0) is 15.3. The van der Waals surface area contributed by atoms with E-state index in [0.717, 1.165) is 11.3 Å². The first-order valence-electron chi connectivity index (χ1n) is 6.93. The van der Waals surface area contributed by atoms with E-state index in [2.05, 4.69) is 5.32 Å². The van der Waals surface area contributed by atoms with Crippen molar-refractivity contribution in [2.45, 2.75) is 38.0 Å². The second-order valence-electron chi connectivity index (χ2n) is 4.91. The van der Waals surface area contributed by atoms with Gasteiger partial charge < -0.3 is 0 Å². The Labute approximate surface area is 126 Å². The summed E-state index contributed by atoms with van der Waals surface area (Å²) < 4.78 is 40.2. The van der Waals surface area contributed by atoms with Gasteiger partial charge in [-0.3, -0.25) is 5.32 Å². The topological polar surface area (TPSA) is 12.0 Å². The fraction of sp³-hybridized carbons (Fsp3) is 0.375. The van der Waals surface area contributed by atoms with Gasteiger partial charge in [-0.2, -0.15) is 13.2 Å². The molecule has 2 aromatic rings. The molecule has 0 bridgehead atoms. The number of hydrogen-bond donors (Lipinski definition) is 1. The van der Waals surface area contributed by atoms with Gasteiger partial charge in [0, 0.05) is 10.9 Å². The smallest absolute Gasteiger partial charge is 0.295 e. The Kier molecular flexibility index (Phi) is 5.42. The molecule has 0 aliphatic carbocycles. The normalized spacial score (nSPS) is 14.9. The van der Waals surface area contributed by atoms with Gasteiger partial charge in [-0.25, -0.2) is 0 Å². The summed E-state index contributed by atoms with van der Waals surface area (Å²) in [5, 5.41) is 4.69. The van der Waals surface area contributed by atoms with Gasteiger partial charge >= 0.3 is 6.18 Å². The molecule has 2 atom stereocenters. The summed E-state index contributed by atoms with van der Waals surface area (Å²) in [6.45, 7) is 1.98. The summed E-state index contributed by atoms with van der Waals surface area (Å²) in [5.41, 5.74) is 0.252. The lowest BCUT2D eigenvalue weighted by Crippen LogP contribution is -2.36. The summed E-state index contributed by atoms with van der Waals surface area (Å²) in [4.78, 5) is 0.946. The first-order chi connectivity index (χ1) is 10.0. The van der Waals surface area contributed by atoms with Gasteiger partial charge in [0.25, 0.3) is 0 Å². The highest BCUT2D eigenvalue weighted by Crippen LogP contribution is 2.36. The maximum absolute atomic E-state index is 13.4. The molecule has 1 heterocycles. The summed E-state index contributed by atoms with van der Waals surface area (Å²) in [5.74, 6) is 0. The molecule has 0 saturated heterocycles. The van der Waals surface area contributed by atoms with Gasteiger partial charge in [-0.15, -0.1) is 11.3 Å². The first kappa shape index (κ1) is 16.0. The van der Waals surface area contributed by atoms with Gasteiger partial charge in [0.05, 0.1) is 0 Å². The highest BCUT2D eigenvalue weighted by atomic mass is 32.1. The minimum Gasteiger partial charge on any atom is -0.295 e. The summed E-state index contributed by atoms with van der Waals surface area (Å²) in [6.07, 6.45) is -2.81. The van der Waals surface area contributed by atoms with Gasteiger partial charge in [-0.1, -0.05) is 49.7 Å². The Balaban J connectivity index is 2.25. The van der Waals surface area contributed by atoms with E-state index in [-0.39, 0.29) is 11.6 Å². The van der Waals surface area contributed by atoms with Crippen LogP contribution >= 0.6 is 11.3 Å². The van der Waals surface area contributed by atoms with Crippen LogP contribution in [0.25, 0.3) is 0 Å². The highest BCUT2D eigenvalue weighted by molar-refractivity contribution is 7.10. The van der Waals surface area contributed by atoms with Crippen molar-refractivity contribution in [2.24, 2.45) is 0 Å². The molecule has 1 nitrogen and oxygen atoms in total. The zero-order valence-corrected chi connectivity index (χ0v) is 12.5. The van der Waals surface area contributed by atoms with Crippen molar-refractivity contribution in [2.75, 3.05) is 0 Å². The molecule has 2 rings (SSSR count). The predicted molar refractivity (Wildman–Crippen MR) is 80.3 cm³/mol. The maximum Gasteiger partial charge on any atom is 0.407 e. The van der Waals surface area contributed by atoms with Gasteiger partial charge in [0.15, 0.2) is 0 Å². The highest BCUT2D eigenvalue weighted by Gasteiger charge is 2.41. The lowest BCUT2D eigenvalue weighted by molar-refractivity contribution is -0.160. The Bertz CT molecular complexity index is 522. The Morgan fingerprint density at radius 2 is 1.81 bits per heavy atom. The van der Waals surface area contributed by atoms with E-state index in [0.29, 0.717) is 6.42 Å². The minimum absolute atomic E-state index is 0.252. The second kappa shape index (κ2) is 7.09. The standard InChI is InChI=1S/C16H18F3NS/c1-2-7-13(14-10-6-11-21-14)20-15(16(17,18)19)12-8-4-3-5-9-12/h3-6,8-11,13,15,20H,2,7H2,1H3. The van der Waals surface area contributed by atoms with E-state index in [1.54, 1.807) is 18.2 Å². The average molecular weight is 313 g/mol. The molecule has 21 heavy (non-hydrogen) atoms. The fourth-order valence-electron chi connectivity index (χ4n) is 2.31. The molecule has 0 saturated carbocycles. The Morgan fingerprint density at radius 3 is 2.33 bits per heavy atom.